The Morgan fingerprint density at radius 3 is 2.79 bits per heavy atom. The number of ether oxygens (including phenoxy) is 1. The molecule has 38 heavy (non-hydrogen) atoms. The van der Waals surface area contributed by atoms with E-state index in [1.807, 2.05) is 13.0 Å². The van der Waals surface area contributed by atoms with Gasteiger partial charge in [-0.1, -0.05) is 17.7 Å². The fourth-order valence-corrected chi connectivity index (χ4v) is 4.71. The van der Waals surface area contributed by atoms with Crippen molar-refractivity contribution >= 4 is 33.7 Å². The van der Waals surface area contributed by atoms with Gasteiger partial charge in [-0.25, -0.2) is 18.8 Å². The second-order valence-corrected chi connectivity index (χ2v) is 9.06. The third-order valence-electron chi connectivity index (χ3n) is 6.34. The van der Waals surface area contributed by atoms with Crippen LogP contribution in [-0.2, 0) is 15.1 Å². The number of nitrogens with two attached hydrogens (primary N) is 1. The number of nitrogens with zero attached hydrogens (tertiary/aromatic N) is 3. The fourth-order valence-electron chi connectivity index (χ4n) is 4.56. The van der Waals surface area contributed by atoms with Crippen molar-refractivity contribution in [2.24, 2.45) is 4.99 Å². The fraction of sp³-hybridized carbons (Fsp3) is 0.231. The summed E-state index contributed by atoms with van der Waals surface area (Å²) in [6, 6.07) is 9.16. The molecule has 201 valence electrons. The van der Waals surface area contributed by atoms with E-state index < -0.39 is 11.6 Å². The zero-order valence-electron chi connectivity index (χ0n) is 20.3. The van der Waals surface area contributed by atoms with Crippen molar-refractivity contribution in [3.05, 3.63) is 93.9 Å². The molecule has 1 aromatic heterocycles. The number of nitrogen functional groups attached to an aromatic ring is 1. The van der Waals surface area contributed by atoms with Gasteiger partial charge in [0.1, 0.15) is 34.7 Å². The van der Waals surface area contributed by atoms with Gasteiger partial charge >= 0.3 is 25.2 Å². The summed E-state index contributed by atoms with van der Waals surface area (Å²) in [5, 5.41) is 6.94. The average molecular weight is 602 g/mol. The molecule has 0 saturated heterocycles. The first-order chi connectivity index (χ1) is 18.4. The summed E-state index contributed by atoms with van der Waals surface area (Å²) in [5.41, 5.74) is 10.7. The number of hydrogen-bond donors (Lipinski definition) is 3. The number of halogens is 4. The Morgan fingerprint density at radius 1 is 1.24 bits per heavy atom. The maximum atomic E-state index is 14.5. The van der Waals surface area contributed by atoms with Crippen LogP contribution in [0.25, 0.3) is 5.69 Å². The number of imidazole rings is 1. The van der Waals surface area contributed by atoms with Gasteiger partial charge < -0.3 is 25.7 Å². The van der Waals surface area contributed by atoms with Gasteiger partial charge in [-0.05, 0) is 49.1 Å². The first-order valence-electron chi connectivity index (χ1n) is 11.7. The monoisotopic (exact) mass is 601 g/mol. The molecular formula is C26H25Cl2F2FeN6O. The number of rotatable bonds is 8. The van der Waals surface area contributed by atoms with Crippen LogP contribution in [0.3, 0.4) is 0 Å². The van der Waals surface area contributed by atoms with Crippen LogP contribution in [0.2, 0.25) is 5.15 Å². The minimum atomic E-state index is -0.582. The normalized spacial score (nSPS) is 16.1. The van der Waals surface area contributed by atoms with Crippen molar-refractivity contribution in [1.29, 1.82) is 0 Å². The predicted molar refractivity (Wildman–Crippen MR) is 142 cm³/mol. The molecule has 0 bridgehead atoms. The number of fused-ring (bicyclic) bond motifs is 1. The van der Waals surface area contributed by atoms with E-state index in [0.717, 1.165) is 34.4 Å². The number of aliphatic imine (C=N–C) groups is 1. The molecule has 2 aliphatic rings. The van der Waals surface area contributed by atoms with E-state index >= 15 is 0 Å². The van der Waals surface area contributed by atoms with Crippen LogP contribution in [0.15, 0.2) is 76.6 Å². The van der Waals surface area contributed by atoms with Crippen LogP contribution < -0.4 is 21.1 Å². The molecule has 2 aromatic carbocycles. The topological polar surface area (TPSA) is 89.5 Å². The molecule has 0 amide bonds. The van der Waals surface area contributed by atoms with Crippen LogP contribution in [0.4, 0.5) is 14.5 Å². The first kappa shape index (κ1) is 28.0. The molecule has 12 heteroatoms. The molecule has 0 spiro atoms. The van der Waals surface area contributed by atoms with Crippen LogP contribution in [0.5, 0.6) is 5.75 Å². The van der Waals surface area contributed by atoms with E-state index in [4.69, 9.17) is 22.1 Å². The molecular weight excluding hydrogens is 577 g/mol. The van der Waals surface area contributed by atoms with E-state index in [1.54, 1.807) is 35.6 Å². The molecule has 1 aliphatic heterocycles. The molecule has 0 saturated carbocycles. The van der Waals surface area contributed by atoms with Gasteiger partial charge in [-0.2, -0.15) is 0 Å². The second kappa shape index (κ2) is 12.7. The number of nitrogens with one attached hydrogen (secondary N) is 2. The van der Waals surface area contributed by atoms with E-state index in [-0.39, 0.29) is 5.92 Å². The van der Waals surface area contributed by atoms with Gasteiger partial charge in [-0.15, -0.1) is 0 Å². The summed E-state index contributed by atoms with van der Waals surface area (Å²) in [5.74, 6) is 0.0770. The third-order valence-corrected chi connectivity index (χ3v) is 6.53. The summed E-state index contributed by atoms with van der Waals surface area (Å²) in [7, 11) is 4.39. The van der Waals surface area contributed by atoms with Crippen LogP contribution in [-0.4, -0.2) is 29.0 Å². The van der Waals surface area contributed by atoms with Crippen molar-refractivity contribution in [3.63, 3.8) is 0 Å². The van der Waals surface area contributed by atoms with Gasteiger partial charge in [0.2, 0.25) is 0 Å². The van der Waals surface area contributed by atoms with Gasteiger partial charge in [0.05, 0.1) is 18.6 Å². The Hall–Kier alpha value is -3.04. The molecule has 2 heterocycles. The van der Waals surface area contributed by atoms with Crippen LogP contribution in [0.1, 0.15) is 31.2 Å². The molecule has 0 radical (unpaired) electrons. The van der Waals surface area contributed by atoms with E-state index in [2.05, 4.69) is 45.8 Å². The SMILES string of the molecule is CC1=C2NC=NC(NCCCOc3cc(N)ccc3-n3cnc(Cl)c3)=C2CC1c1ccc(F)cc1F.[Cl][Fe]. The Labute approximate surface area is 236 Å². The Kier molecular flexibility index (Phi) is 9.33. The predicted octanol–water partition coefficient (Wildman–Crippen LogP) is 5.74. The second-order valence-electron chi connectivity index (χ2n) is 8.67. The molecule has 4 N–H and O–H groups in total. The van der Waals surface area contributed by atoms with Crippen molar-refractivity contribution in [3.8, 4) is 11.4 Å². The maximum absolute atomic E-state index is 14.5. The van der Waals surface area contributed by atoms with E-state index in [1.165, 1.54) is 12.1 Å². The number of benzene rings is 2. The van der Waals surface area contributed by atoms with Crippen molar-refractivity contribution in [2.45, 2.75) is 25.7 Å². The van der Waals surface area contributed by atoms with Crippen molar-refractivity contribution in [1.82, 2.24) is 20.2 Å². The zero-order valence-corrected chi connectivity index (χ0v) is 22.9. The third kappa shape index (κ3) is 6.15. The number of allylic oxidation sites excluding steroid dienone is 2. The summed E-state index contributed by atoms with van der Waals surface area (Å²) in [4.78, 5) is 8.51. The number of aromatic nitrogens is 2. The van der Waals surface area contributed by atoms with Crippen LogP contribution >= 0.6 is 21.7 Å². The molecule has 3 aromatic rings. The quantitative estimate of drug-likeness (QED) is 0.174. The van der Waals surface area contributed by atoms with E-state index in [9.17, 15) is 8.78 Å². The zero-order chi connectivity index (χ0) is 27.2. The van der Waals surface area contributed by atoms with Crippen LogP contribution in [0, 0.1) is 11.6 Å². The van der Waals surface area contributed by atoms with Crippen molar-refractivity contribution in [2.75, 3.05) is 18.9 Å². The summed E-state index contributed by atoms with van der Waals surface area (Å²) < 4.78 is 35.7. The standard InChI is InChI=1S/C26H25ClF2N6O.ClH.Fe/c1-15-19(18-5-3-16(28)9-21(18)29)11-20-25(15)32-13-33-26(20)31-7-2-8-36-23-10-17(30)4-6-22(23)35-12-24(27)34-14-35;;/h3-6,9-10,12-14,19,31H,2,7-8,11,30H2,1H3,(H,32,33);1H;/q;;+1/p-1. The first-order valence-corrected chi connectivity index (χ1v) is 13.6. The summed E-state index contributed by atoms with van der Waals surface area (Å²) in [6.45, 7) is 3.03. The van der Waals surface area contributed by atoms with Crippen molar-refractivity contribution < 1.29 is 28.6 Å². The van der Waals surface area contributed by atoms with Gasteiger partial charge in [0.15, 0.2) is 0 Å². The summed E-state index contributed by atoms with van der Waals surface area (Å²) >= 11 is 8.68. The molecule has 1 atom stereocenters. The number of anilines is 1. The Balaban J connectivity index is 0.00000164. The average Bonchev–Trinajstić information content (AvgIpc) is 3.49. The molecule has 5 rings (SSSR count). The van der Waals surface area contributed by atoms with E-state index in [0.29, 0.717) is 48.1 Å². The Bertz CT molecular complexity index is 1410. The molecule has 0 fully saturated rings. The van der Waals surface area contributed by atoms with Gasteiger partial charge in [0, 0.05) is 47.7 Å². The molecule has 1 unspecified atom stereocenters. The van der Waals surface area contributed by atoms with Gasteiger partial charge in [-0.3, -0.25) is 0 Å². The van der Waals surface area contributed by atoms with Gasteiger partial charge in [0.25, 0.3) is 0 Å². The summed E-state index contributed by atoms with van der Waals surface area (Å²) in [6.07, 6.45) is 6.22. The molecule has 1 aliphatic carbocycles. The Morgan fingerprint density at radius 2 is 2.05 bits per heavy atom. The minimum absolute atomic E-state index is 0.177. The number of hydrogen-bond acceptors (Lipinski definition) is 6. The molecule has 7 nitrogen and oxygen atoms in total.